The molecule has 7 nitrogen and oxygen atoms in total. The summed E-state index contributed by atoms with van der Waals surface area (Å²) in [6.45, 7) is 5.58. The highest BCUT2D eigenvalue weighted by molar-refractivity contribution is 9.10. The molecule has 2 N–H and O–H groups in total. The van der Waals surface area contributed by atoms with Crippen LogP contribution < -0.4 is 16.0 Å². The number of fused-ring (bicyclic) bond motifs is 1. The van der Waals surface area contributed by atoms with Crippen molar-refractivity contribution in [2.24, 2.45) is 0 Å². The quantitative estimate of drug-likeness (QED) is 0.607. The summed E-state index contributed by atoms with van der Waals surface area (Å²) in [4.78, 5) is 23.3. The molecule has 0 unspecified atom stereocenters. The zero-order valence-corrected chi connectivity index (χ0v) is 15.5. The monoisotopic (exact) mass is 405 g/mol. The summed E-state index contributed by atoms with van der Waals surface area (Å²) in [5, 5.41) is 11.2. The molecule has 0 saturated heterocycles. The van der Waals surface area contributed by atoms with E-state index in [2.05, 4.69) is 15.9 Å². The Morgan fingerprint density at radius 1 is 1.32 bits per heavy atom. The molecule has 0 saturated carbocycles. The van der Waals surface area contributed by atoms with Crippen LogP contribution in [0.4, 0.5) is 11.4 Å². The summed E-state index contributed by atoms with van der Waals surface area (Å²) < 4.78 is 8.01. The van der Waals surface area contributed by atoms with Gasteiger partial charge in [0, 0.05) is 28.4 Å². The fourth-order valence-corrected chi connectivity index (χ4v) is 3.24. The Kier molecular flexibility index (Phi) is 3.95. The molecule has 25 heavy (non-hydrogen) atoms. The summed E-state index contributed by atoms with van der Waals surface area (Å²) in [5.74, 6) is 0.474. The van der Waals surface area contributed by atoms with Crippen LogP contribution in [-0.4, -0.2) is 15.1 Å². The van der Waals surface area contributed by atoms with Crippen molar-refractivity contribution in [3.05, 3.63) is 66.5 Å². The van der Waals surface area contributed by atoms with Crippen molar-refractivity contribution in [2.45, 2.75) is 26.4 Å². The van der Waals surface area contributed by atoms with Crippen LogP contribution in [-0.2, 0) is 0 Å². The first kappa shape index (κ1) is 17.2. The predicted molar refractivity (Wildman–Crippen MR) is 98.6 cm³/mol. The molecule has 1 aromatic heterocycles. The number of pyridine rings is 1. The second-order valence-corrected chi connectivity index (χ2v) is 7.23. The van der Waals surface area contributed by atoms with Crippen LogP contribution >= 0.6 is 15.9 Å². The summed E-state index contributed by atoms with van der Waals surface area (Å²) >= 11 is 3.34. The molecule has 0 bridgehead atoms. The molecule has 1 aliphatic heterocycles. The third-order valence-electron chi connectivity index (χ3n) is 4.30. The minimum atomic E-state index is -0.686. The number of nitrogens with zero attached hydrogens (tertiary/aromatic N) is 2. The summed E-state index contributed by atoms with van der Waals surface area (Å²) in [7, 11) is 0. The van der Waals surface area contributed by atoms with Crippen LogP contribution in [0.2, 0.25) is 0 Å². The molecular formula is C17H16BrN3O4. The Morgan fingerprint density at radius 3 is 2.64 bits per heavy atom. The number of anilines is 1. The molecule has 0 radical (unpaired) electrons. The number of benzene rings is 1. The van der Waals surface area contributed by atoms with Crippen molar-refractivity contribution in [2.75, 3.05) is 5.73 Å². The number of rotatable bonds is 2. The van der Waals surface area contributed by atoms with Crippen LogP contribution in [0.3, 0.4) is 0 Å². The highest BCUT2D eigenvalue weighted by Gasteiger charge is 2.34. The molecular weight excluding hydrogens is 390 g/mol. The zero-order valence-electron chi connectivity index (χ0n) is 13.9. The maximum atomic E-state index is 12.6. The van der Waals surface area contributed by atoms with E-state index in [4.69, 9.17) is 10.5 Å². The predicted octanol–water partition coefficient (Wildman–Crippen LogP) is 3.55. The number of halogens is 1. The van der Waals surface area contributed by atoms with Crippen LogP contribution in [0.25, 0.3) is 5.70 Å². The largest absolute Gasteiger partial charge is 0.483 e. The first-order valence-corrected chi connectivity index (χ1v) is 8.28. The number of nitro groups is 1. The summed E-state index contributed by atoms with van der Waals surface area (Å²) in [6.07, 6.45) is 1.60. The highest BCUT2D eigenvalue weighted by Crippen LogP contribution is 2.42. The van der Waals surface area contributed by atoms with E-state index in [1.54, 1.807) is 12.3 Å². The molecule has 2 heterocycles. The van der Waals surface area contributed by atoms with Crippen molar-refractivity contribution >= 4 is 33.0 Å². The SMILES string of the molecule is CC1=C(n2cc(Br)cc(N)c2=O)c2cc([N+](=O)[O-])ccc2OC1(C)C. The first-order chi connectivity index (χ1) is 11.6. The maximum Gasteiger partial charge on any atom is 0.278 e. The lowest BCUT2D eigenvalue weighted by molar-refractivity contribution is -0.384. The second kappa shape index (κ2) is 5.73. The average molecular weight is 406 g/mol. The minimum absolute atomic E-state index is 0.0750. The van der Waals surface area contributed by atoms with Crippen molar-refractivity contribution in [1.29, 1.82) is 0 Å². The van der Waals surface area contributed by atoms with Gasteiger partial charge in [-0.15, -0.1) is 0 Å². The van der Waals surface area contributed by atoms with Crippen LogP contribution in [0.1, 0.15) is 26.3 Å². The number of nitrogens with two attached hydrogens (primary N) is 1. The van der Waals surface area contributed by atoms with E-state index in [1.165, 1.54) is 22.8 Å². The smallest absolute Gasteiger partial charge is 0.278 e. The maximum absolute atomic E-state index is 12.6. The molecule has 3 rings (SSSR count). The standard InChI is InChI=1S/C17H16BrN3O4/c1-9-15(20-8-10(18)6-13(19)16(20)22)12-7-11(21(23)24)4-5-14(12)25-17(9,2)3/h4-8H,19H2,1-3H3. The van der Waals surface area contributed by atoms with Gasteiger partial charge < -0.3 is 10.5 Å². The Morgan fingerprint density at radius 2 is 2.00 bits per heavy atom. The first-order valence-electron chi connectivity index (χ1n) is 7.49. The van der Waals surface area contributed by atoms with Gasteiger partial charge in [-0.25, -0.2) is 0 Å². The summed E-state index contributed by atoms with van der Waals surface area (Å²) in [5.41, 5.74) is 6.50. The molecule has 1 aromatic carbocycles. The molecule has 0 spiro atoms. The number of nitrogen functional groups attached to an aromatic ring is 1. The number of ether oxygens (including phenoxy) is 1. The Balaban J connectivity index is 2.40. The van der Waals surface area contributed by atoms with Crippen molar-refractivity contribution in [1.82, 2.24) is 4.57 Å². The number of hydrogen-bond acceptors (Lipinski definition) is 5. The number of aromatic nitrogens is 1. The molecule has 0 aliphatic carbocycles. The fraction of sp³-hybridized carbons (Fsp3) is 0.235. The van der Waals surface area contributed by atoms with Crippen LogP contribution in [0, 0.1) is 10.1 Å². The lowest BCUT2D eigenvalue weighted by Crippen LogP contribution is -2.36. The molecule has 130 valence electrons. The van der Waals surface area contributed by atoms with Gasteiger partial charge in [-0.2, -0.15) is 0 Å². The topological polar surface area (TPSA) is 100 Å². The Bertz CT molecular complexity index is 992. The van der Waals surface area contributed by atoms with Gasteiger partial charge in [-0.05, 0) is 54.4 Å². The van der Waals surface area contributed by atoms with Gasteiger partial charge in [0.05, 0.1) is 16.3 Å². The zero-order chi connectivity index (χ0) is 18.5. The van der Waals surface area contributed by atoms with E-state index in [0.29, 0.717) is 21.5 Å². The normalized spacial score (nSPS) is 15.5. The van der Waals surface area contributed by atoms with Crippen LogP contribution in [0.15, 0.2) is 45.3 Å². The van der Waals surface area contributed by atoms with E-state index in [0.717, 1.165) is 5.57 Å². The van der Waals surface area contributed by atoms with E-state index in [9.17, 15) is 14.9 Å². The summed E-state index contributed by atoms with van der Waals surface area (Å²) in [6, 6.07) is 5.86. The van der Waals surface area contributed by atoms with Crippen molar-refractivity contribution in [3.63, 3.8) is 0 Å². The Hall–Kier alpha value is -2.61. The average Bonchev–Trinajstić information content (AvgIpc) is 2.52. The Labute approximate surface area is 152 Å². The van der Waals surface area contributed by atoms with Crippen molar-refractivity contribution < 1.29 is 9.66 Å². The van der Waals surface area contributed by atoms with E-state index < -0.39 is 16.1 Å². The fourth-order valence-electron chi connectivity index (χ4n) is 2.79. The van der Waals surface area contributed by atoms with Gasteiger partial charge in [0.2, 0.25) is 0 Å². The molecule has 8 heteroatoms. The van der Waals surface area contributed by atoms with Crippen LogP contribution in [0.5, 0.6) is 5.75 Å². The molecule has 0 fully saturated rings. The molecule has 0 amide bonds. The van der Waals surface area contributed by atoms with Crippen molar-refractivity contribution in [3.8, 4) is 5.75 Å². The lowest BCUT2D eigenvalue weighted by atomic mass is 9.90. The van der Waals surface area contributed by atoms with Gasteiger partial charge in [0.25, 0.3) is 11.2 Å². The molecule has 2 aromatic rings. The molecule has 1 aliphatic rings. The van der Waals surface area contributed by atoms with E-state index >= 15 is 0 Å². The van der Waals surface area contributed by atoms with Gasteiger partial charge in [-0.3, -0.25) is 19.5 Å². The molecule has 0 atom stereocenters. The number of non-ortho nitro benzene ring substituents is 1. The van der Waals surface area contributed by atoms with E-state index in [-0.39, 0.29) is 11.4 Å². The van der Waals surface area contributed by atoms with E-state index in [1.807, 2.05) is 20.8 Å². The van der Waals surface area contributed by atoms with Gasteiger partial charge in [0.1, 0.15) is 11.4 Å². The van der Waals surface area contributed by atoms with Gasteiger partial charge in [0.15, 0.2) is 0 Å². The third kappa shape index (κ3) is 2.82. The minimum Gasteiger partial charge on any atom is -0.483 e. The second-order valence-electron chi connectivity index (χ2n) is 6.31. The third-order valence-corrected chi connectivity index (χ3v) is 4.74. The highest BCUT2D eigenvalue weighted by atomic mass is 79.9. The number of nitro benzene ring substituents is 1. The van der Waals surface area contributed by atoms with Gasteiger partial charge in [-0.1, -0.05) is 0 Å². The number of hydrogen-bond donors (Lipinski definition) is 1. The van der Waals surface area contributed by atoms with Gasteiger partial charge >= 0.3 is 0 Å². The lowest BCUT2D eigenvalue weighted by Gasteiger charge is -2.36.